The van der Waals surface area contributed by atoms with Crippen molar-refractivity contribution in [1.29, 1.82) is 0 Å². The van der Waals surface area contributed by atoms with E-state index in [1.54, 1.807) is 18.9 Å². The van der Waals surface area contributed by atoms with Gasteiger partial charge in [-0.1, -0.05) is 28.1 Å². The summed E-state index contributed by atoms with van der Waals surface area (Å²) in [5, 5.41) is 9.01. The van der Waals surface area contributed by atoms with E-state index in [0.29, 0.717) is 24.4 Å². The molecule has 23 heavy (non-hydrogen) atoms. The third-order valence-corrected chi connectivity index (χ3v) is 4.09. The van der Waals surface area contributed by atoms with Crippen molar-refractivity contribution < 1.29 is 19.1 Å². The first-order valence-electron chi connectivity index (χ1n) is 7.18. The van der Waals surface area contributed by atoms with Gasteiger partial charge in [0.25, 0.3) is 0 Å². The molecule has 0 aliphatic carbocycles. The average molecular weight is 380 g/mol. The molecule has 2 rings (SSSR count). The van der Waals surface area contributed by atoms with Gasteiger partial charge in [0.05, 0.1) is 6.54 Å². The second kappa shape index (κ2) is 7.46. The van der Waals surface area contributed by atoms with Crippen LogP contribution in [0.25, 0.3) is 0 Å². The molecule has 0 aliphatic heterocycles. The summed E-state index contributed by atoms with van der Waals surface area (Å²) in [5.41, 5.74) is 1.23. The highest BCUT2D eigenvalue weighted by Crippen LogP contribution is 2.17. The fourth-order valence-electron chi connectivity index (χ4n) is 2.25. The Kier molecular flexibility index (Phi) is 5.60. The Morgan fingerprint density at radius 3 is 2.48 bits per heavy atom. The molecule has 0 atom stereocenters. The standard InChI is InChI=1S/C17H18BrNO4/c1-11-15(17(21)22)9-14(23-11)10-19(2)16(20)8-5-12-3-6-13(18)7-4-12/h3-4,6-7,9H,5,8,10H2,1-2H3,(H,21,22). The Bertz CT molecular complexity index is 706. The van der Waals surface area contributed by atoms with Crippen LogP contribution in [0.2, 0.25) is 0 Å². The smallest absolute Gasteiger partial charge is 0.339 e. The first kappa shape index (κ1) is 17.3. The molecule has 1 heterocycles. The van der Waals surface area contributed by atoms with Crippen LogP contribution in [0.4, 0.5) is 0 Å². The summed E-state index contributed by atoms with van der Waals surface area (Å²) in [6.45, 7) is 1.86. The third kappa shape index (κ3) is 4.69. The van der Waals surface area contributed by atoms with Crippen LogP contribution in [0.5, 0.6) is 0 Å². The Labute approximate surface area is 143 Å². The van der Waals surface area contributed by atoms with Crippen molar-refractivity contribution in [3.8, 4) is 0 Å². The number of furan rings is 1. The van der Waals surface area contributed by atoms with E-state index in [1.165, 1.54) is 6.07 Å². The van der Waals surface area contributed by atoms with Crippen LogP contribution in [-0.4, -0.2) is 28.9 Å². The summed E-state index contributed by atoms with van der Waals surface area (Å²) >= 11 is 3.38. The van der Waals surface area contributed by atoms with E-state index in [4.69, 9.17) is 9.52 Å². The summed E-state index contributed by atoms with van der Waals surface area (Å²) in [6, 6.07) is 9.32. The number of carboxylic acids is 1. The van der Waals surface area contributed by atoms with Gasteiger partial charge in [0.2, 0.25) is 5.91 Å². The molecule has 1 amide bonds. The number of aromatic carboxylic acids is 1. The minimum absolute atomic E-state index is 0.0150. The SMILES string of the molecule is Cc1oc(CN(C)C(=O)CCc2ccc(Br)cc2)cc1C(=O)O. The molecule has 5 nitrogen and oxygen atoms in total. The van der Waals surface area contributed by atoms with Gasteiger partial charge in [-0.05, 0) is 37.1 Å². The Hall–Kier alpha value is -2.08. The molecule has 1 N–H and O–H groups in total. The predicted octanol–water partition coefficient (Wildman–Crippen LogP) is 3.64. The van der Waals surface area contributed by atoms with Crippen LogP contribution in [0.1, 0.15) is 33.9 Å². The van der Waals surface area contributed by atoms with Crippen molar-refractivity contribution in [2.45, 2.75) is 26.3 Å². The van der Waals surface area contributed by atoms with Gasteiger partial charge < -0.3 is 14.4 Å². The topological polar surface area (TPSA) is 70.8 Å². The summed E-state index contributed by atoms with van der Waals surface area (Å²) in [6.07, 6.45) is 1.05. The lowest BCUT2D eigenvalue weighted by Gasteiger charge is -2.15. The molecule has 1 aromatic heterocycles. The van der Waals surface area contributed by atoms with Crippen molar-refractivity contribution in [1.82, 2.24) is 4.90 Å². The second-order valence-corrected chi connectivity index (χ2v) is 6.28. The third-order valence-electron chi connectivity index (χ3n) is 3.56. The Morgan fingerprint density at radius 1 is 1.26 bits per heavy atom. The van der Waals surface area contributed by atoms with Crippen LogP contribution >= 0.6 is 15.9 Å². The maximum atomic E-state index is 12.2. The Balaban J connectivity index is 1.91. The zero-order chi connectivity index (χ0) is 17.0. The number of halogens is 1. The Morgan fingerprint density at radius 2 is 1.91 bits per heavy atom. The van der Waals surface area contributed by atoms with E-state index in [2.05, 4.69) is 15.9 Å². The fraction of sp³-hybridized carbons (Fsp3) is 0.294. The van der Waals surface area contributed by atoms with Crippen LogP contribution in [0.15, 0.2) is 39.2 Å². The molecular weight excluding hydrogens is 362 g/mol. The lowest BCUT2D eigenvalue weighted by atomic mass is 10.1. The zero-order valence-electron chi connectivity index (χ0n) is 13.0. The van der Waals surface area contributed by atoms with Gasteiger partial charge in [-0.3, -0.25) is 4.79 Å². The molecule has 122 valence electrons. The fourth-order valence-corrected chi connectivity index (χ4v) is 2.51. The van der Waals surface area contributed by atoms with E-state index < -0.39 is 5.97 Å². The van der Waals surface area contributed by atoms with Gasteiger partial charge in [-0.25, -0.2) is 4.79 Å². The minimum Gasteiger partial charge on any atom is -0.478 e. The van der Waals surface area contributed by atoms with Gasteiger partial charge >= 0.3 is 5.97 Å². The molecule has 0 fully saturated rings. The highest BCUT2D eigenvalue weighted by atomic mass is 79.9. The van der Waals surface area contributed by atoms with E-state index in [9.17, 15) is 9.59 Å². The molecular formula is C17H18BrNO4. The normalized spacial score (nSPS) is 10.6. The van der Waals surface area contributed by atoms with Crippen LogP contribution in [0.3, 0.4) is 0 Å². The summed E-state index contributed by atoms with van der Waals surface area (Å²) in [7, 11) is 1.68. The van der Waals surface area contributed by atoms with Crippen LogP contribution in [0, 0.1) is 6.92 Å². The van der Waals surface area contributed by atoms with E-state index in [0.717, 1.165) is 10.0 Å². The van der Waals surface area contributed by atoms with Crippen molar-refractivity contribution in [2.75, 3.05) is 7.05 Å². The summed E-state index contributed by atoms with van der Waals surface area (Å²) < 4.78 is 6.40. The molecule has 0 saturated heterocycles. The van der Waals surface area contributed by atoms with Crippen LogP contribution in [-0.2, 0) is 17.8 Å². The minimum atomic E-state index is -1.03. The molecule has 0 aliphatic rings. The van der Waals surface area contributed by atoms with E-state index in [1.807, 2.05) is 24.3 Å². The number of hydrogen-bond acceptors (Lipinski definition) is 3. The number of aryl methyl sites for hydroxylation is 2. The predicted molar refractivity (Wildman–Crippen MR) is 89.3 cm³/mol. The lowest BCUT2D eigenvalue weighted by molar-refractivity contribution is -0.130. The largest absolute Gasteiger partial charge is 0.478 e. The number of amides is 1. The molecule has 2 aromatic rings. The van der Waals surface area contributed by atoms with Crippen molar-refractivity contribution >= 4 is 27.8 Å². The maximum Gasteiger partial charge on any atom is 0.339 e. The number of carbonyl (C=O) groups excluding carboxylic acids is 1. The number of benzene rings is 1. The molecule has 0 radical (unpaired) electrons. The monoisotopic (exact) mass is 379 g/mol. The first-order chi connectivity index (χ1) is 10.9. The molecule has 6 heteroatoms. The highest BCUT2D eigenvalue weighted by molar-refractivity contribution is 9.10. The van der Waals surface area contributed by atoms with Gasteiger partial charge in [-0.15, -0.1) is 0 Å². The number of rotatable bonds is 6. The number of carboxylic acid groups (broad SMARTS) is 1. The van der Waals surface area contributed by atoms with Crippen molar-refractivity contribution in [3.05, 3.63) is 57.5 Å². The zero-order valence-corrected chi connectivity index (χ0v) is 14.6. The van der Waals surface area contributed by atoms with Gasteiger partial charge in [0.1, 0.15) is 17.1 Å². The van der Waals surface area contributed by atoms with Gasteiger partial charge in [0, 0.05) is 17.9 Å². The average Bonchev–Trinajstić information content (AvgIpc) is 2.87. The summed E-state index contributed by atoms with van der Waals surface area (Å²) in [5.74, 6) is -0.219. The van der Waals surface area contributed by atoms with Crippen molar-refractivity contribution in [3.63, 3.8) is 0 Å². The van der Waals surface area contributed by atoms with Crippen LogP contribution < -0.4 is 0 Å². The van der Waals surface area contributed by atoms with Gasteiger partial charge in [-0.2, -0.15) is 0 Å². The molecule has 0 unspecified atom stereocenters. The number of hydrogen-bond donors (Lipinski definition) is 1. The van der Waals surface area contributed by atoms with E-state index >= 15 is 0 Å². The summed E-state index contributed by atoms with van der Waals surface area (Å²) in [4.78, 5) is 24.7. The highest BCUT2D eigenvalue weighted by Gasteiger charge is 2.16. The van der Waals surface area contributed by atoms with Gasteiger partial charge in [0.15, 0.2) is 0 Å². The van der Waals surface area contributed by atoms with E-state index in [-0.39, 0.29) is 18.0 Å². The number of carbonyl (C=O) groups is 2. The second-order valence-electron chi connectivity index (χ2n) is 5.36. The van der Waals surface area contributed by atoms with Crippen molar-refractivity contribution in [2.24, 2.45) is 0 Å². The molecule has 1 aromatic carbocycles. The molecule has 0 spiro atoms. The first-order valence-corrected chi connectivity index (χ1v) is 7.97. The lowest BCUT2D eigenvalue weighted by Crippen LogP contribution is -2.26. The number of nitrogens with zero attached hydrogens (tertiary/aromatic N) is 1. The molecule has 0 saturated carbocycles. The maximum absolute atomic E-state index is 12.2. The molecule has 0 bridgehead atoms. The quantitative estimate of drug-likeness (QED) is 0.831.